The summed E-state index contributed by atoms with van der Waals surface area (Å²) in [5.41, 5.74) is 1.61. The van der Waals surface area contributed by atoms with Crippen molar-refractivity contribution in [2.45, 2.75) is 26.2 Å². The summed E-state index contributed by atoms with van der Waals surface area (Å²) in [5.74, 6) is -0.994. The van der Waals surface area contributed by atoms with Gasteiger partial charge in [-0.25, -0.2) is 4.79 Å². The van der Waals surface area contributed by atoms with Crippen LogP contribution in [0, 0.1) is 11.3 Å². The zero-order chi connectivity index (χ0) is 14.5. The van der Waals surface area contributed by atoms with Crippen LogP contribution < -0.4 is 5.32 Å². The molecule has 0 spiro atoms. The van der Waals surface area contributed by atoms with Crippen LogP contribution in [0.5, 0.6) is 0 Å². The summed E-state index contributed by atoms with van der Waals surface area (Å²) in [6.45, 7) is 1.96. The van der Waals surface area contributed by atoms with E-state index in [0.29, 0.717) is 10.6 Å². The summed E-state index contributed by atoms with van der Waals surface area (Å²) < 4.78 is 4.68. The average Bonchev–Trinajstić information content (AvgIpc) is 2.97. The highest BCUT2D eigenvalue weighted by Gasteiger charge is 2.22. The van der Waals surface area contributed by atoms with E-state index in [-0.39, 0.29) is 6.61 Å². The third-order valence-electron chi connectivity index (χ3n) is 2.93. The maximum absolute atomic E-state index is 11.7. The third-order valence-corrected chi connectivity index (χ3v) is 4.13. The largest absolute Gasteiger partial charge is 0.463 e. The molecular formula is C14H14N2O3S. The van der Waals surface area contributed by atoms with Gasteiger partial charge in [0.25, 0.3) is 0 Å². The fourth-order valence-corrected chi connectivity index (χ4v) is 3.34. The second-order valence-corrected chi connectivity index (χ2v) is 5.35. The van der Waals surface area contributed by atoms with E-state index in [0.717, 1.165) is 37.0 Å². The molecule has 20 heavy (non-hydrogen) atoms. The molecule has 1 aromatic heterocycles. The van der Waals surface area contributed by atoms with Crippen molar-refractivity contribution < 1.29 is 14.3 Å². The fourth-order valence-electron chi connectivity index (χ4n) is 2.10. The highest BCUT2D eigenvalue weighted by Crippen LogP contribution is 2.38. The Hall–Kier alpha value is -2.13. The molecule has 0 aliphatic heterocycles. The van der Waals surface area contributed by atoms with E-state index in [1.807, 2.05) is 0 Å². The van der Waals surface area contributed by atoms with Crippen molar-refractivity contribution in [3.05, 3.63) is 28.2 Å². The molecule has 6 heteroatoms. The van der Waals surface area contributed by atoms with Gasteiger partial charge >= 0.3 is 5.97 Å². The third kappa shape index (κ3) is 3.06. The molecule has 1 N–H and O–H groups in total. The number of anilines is 1. The van der Waals surface area contributed by atoms with E-state index in [2.05, 4.69) is 16.1 Å². The van der Waals surface area contributed by atoms with Crippen LogP contribution in [0.3, 0.4) is 0 Å². The summed E-state index contributed by atoms with van der Waals surface area (Å²) in [6.07, 6.45) is 5.11. The first kappa shape index (κ1) is 14.3. The molecule has 0 bridgehead atoms. The SMILES string of the molecule is CCOC(=O)/C=C/C(=O)Nc1sc2c(c1C#N)CCC2. The molecular weight excluding hydrogens is 276 g/mol. The molecule has 0 saturated heterocycles. The van der Waals surface area contributed by atoms with Gasteiger partial charge in [0.1, 0.15) is 11.1 Å². The Balaban J connectivity index is 2.06. The van der Waals surface area contributed by atoms with Crippen LogP contribution >= 0.6 is 11.3 Å². The van der Waals surface area contributed by atoms with Gasteiger partial charge in [-0.2, -0.15) is 5.26 Å². The lowest BCUT2D eigenvalue weighted by atomic mass is 10.1. The molecule has 1 aliphatic rings. The zero-order valence-corrected chi connectivity index (χ0v) is 11.9. The number of thiophene rings is 1. The number of carbonyl (C=O) groups is 2. The van der Waals surface area contributed by atoms with Gasteiger partial charge in [0, 0.05) is 17.0 Å². The van der Waals surface area contributed by atoms with E-state index >= 15 is 0 Å². The highest BCUT2D eigenvalue weighted by molar-refractivity contribution is 7.16. The predicted octanol–water partition coefficient (Wildman–Crippen LogP) is 2.17. The first-order valence-electron chi connectivity index (χ1n) is 6.36. The Kier molecular flexibility index (Phi) is 4.53. The number of ether oxygens (including phenoxy) is 1. The van der Waals surface area contributed by atoms with Crippen LogP contribution in [0.2, 0.25) is 0 Å². The van der Waals surface area contributed by atoms with E-state index in [1.54, 1.807) is 6.92 Å². The van der Waals surface area contributed by atoms with Gasteiger partial charge in [-0.15, -0.1) is 11.3 Å². The second kappa shape index (κ2) is 6.35. The van der Waals surface area contributed by atoms with Crippen molar-refractivity contribution in [2.75, 3.05) is 11.9 Å². The maximum Gasteiger partial charge on any atom is 0.330 e. The molecule has 5 nitrogen and oxygen atoms in total. The first-order chi connectivity index (χ1) is 9.65. The van der Waals surface area contributed by atoms with Gasteiger partial charge in [-0.1, -0.05) is 0 Å². The molecule has 1 heterocycles. The Morgan fingerprint density at radius 1 is 1.45 bits per heavy atom. The number of rotatable bonds is 4. The van der Waals surface area contributed by atoms with Gasteiger partial charge in [-0.3, -0.25) is 4.79 Å². The Labute approximate surface area is 120 Å². The Morgan fingerprint density at radius 3 is 2.95 bits per heavy atom. The maximum atomic E-state index is 11.7. The minimum Gasteiger partial charge on any atom is -0.463 e. The molecule has 0 radical (unpaired) electrons. The van der Waals surface area contributed by atoms with Crippen molar-refractivity contribution in [1.82, 2.24) is 0 Å². The van der Waals surface area contributed by atoms with Crippen molar-refractivity contribution in [2.24, 2.45) is 0 Å². The first-order valence-corrected chi connectivity index (χ1v) is 7.17. The average molecular weight is 290 g/mol. The van der Waals surface area contributed by atoms with Crippen LogP contribution in [-0.4, -0.2) is 18.5 Å². The van der Waals surface area contributed by atoms with Crippen molar-refractivity contribution >= 4 is 28.2 Å². The lowest BCUT2D eigenvalue weighted by molar-refractivity contribution is -0.137. The zero-order valence-electron chi connectivity index (χ0n) is 11.1. The van der Waals surface area contributed by atoms with Gasteiger partial charge in [0.15, 0.2) is 0 Å². The second-order valence-electron chi connectivity index (χ2n) is 4.25. The quantitative estimate of drug-likeness (QED) is 0.681. The molecule has 0 aromatic carbocycles. The van der Waals surface area contributed by atoms with E-state index in [1.165, 1.54) is 16.2 Å². The molecule has 0 unspecified atom stereocenters. The molecule has 0 atom stereocenters. The lowest BCUT2D eigenvalue weighted by Crippen LogP contribution is -2.09. The molecule has 1 aliphatic carbocycles. The molecule has 0 saturated carbocycles. The summed E-state index contributed by atoms with van der Waals surface area (Å²) in [7, 11) is 0. The number of nitriles is 1. The highest BCUT2D eigenvalue weighted by atomic mass is 32.1. The number of esters is 1. The van der Waals surface area contributed by atoms with E-state index < -0.39 is 11.9 Å². The fraction of sp³-hybridized carbons (Fsp3) is 0.357. The number of nitrogens with one attached hydrogen (secondary N) is 1. The number of amides is 1. The summed E-state index contributed by atoms with van der Waals surface area (Å²) in [4.78, 5) is 24.0. The van der Waals surface area contributed by atoms with Crippen LogP contribution in [-0.2, 0) is 27.2 Å². The van der Waals surface area contributed by atoms with Crippen LogP contribution in [0.25, 0.3) is 0 Å². The normalized spacial score (nSPS) is 13.0. The van der Waals surface area contributed by atoms with E-state index in [9.17, 15) is 14.9 Å². The Bertz CT molecular complexity index is 611. The topological polar surface area (TPSA) is 79.2 Å². The van der Waals surface area contributed by atoms with Crippen molar-refractivity contribution in [3.63, 3.8) is 0 Å². The number of carbonyl (C=O) groups excluding carboxylic acids is 2. The van der Waals surface area contributed by atoms with Gasteiger partial charge in [-0.05, 0) is 31.7 Å². The van der Waals surface area contributed by atoms with Crippen molar-refractivity contribution in [1.29, 1.82) is 5.26 Å². The number of aryl methyl sites for hydroxylation is 1. The number of fused-ring (bicyclic) bond motifs is 1. The summed E-state index contributed by atoms with van der Waals surface area (Å²) >= 11 is 1.44. The van der Waals surface area contributed by atoms with Crippen molar-refractivity contribution in [3.8, 4) is 6.07 Å². The monoisotopic (exact) mass is 290 g/mol. The lowest BCUT2D eigenvalue weighted by Gasteiger charge is -2.00. The minimum absolute atomic E-state index is 0.265. The molecule has 1 aromatic rings. The molecule has 0 fully saturated rings. The van der Waals surface area contributed by atoms with Crippen LogP contribution in [0.15, 0.2) is 12.2 Å². The molecule has 2 rings (SSSR count). The standard InChI is InChI=1S/C14H14N2O3S/c1-2-19-13(18)7-6-12(17)16-14-10(8-15)9-4-3-5-11(9)20-14/h6-7H,2-5H2,1H3,(H,16,17)/b7-6+. The number of hydrogen-bond donors (Lipinski definition) is 1. The Morgan fingerprint density at radius 2 is 2.25 bits per heavy atom. The van der Waals surface area contributed by atoms with Crippen LogP contribution in [0.4, 0.5) is 5.00 Å². The van der Waals surface area contributed by atoms with Gasteiger partial charge < -0.3 is 10.1 Å². The van der Waals surface area contributed by atoms with Gasteiger partial charge in [0.05, 0.1) is 12.2 Å². The van der Waals surface area contributed by atoms with Gasteiger partial charge in [0.2, 0.25) is 5.91 Å². The van der Waals surface area contributed by atoms with E-state index in [4.69, 9.17) is 0 Å². The predicted molar refractivity (Wildman–Crippen MR) is 75.5 cm³/mol. The minimum atomic E-state index is -0.558. The molecule has 104 valence electrons. The van der Waals surface area contributed by atoms with Crippen LogP contribution in [0.1, 0.15) is 29.3 Å². The molecule has 1 amide bonds. The number of hydrogen-bond acceptors (Lipinski definition) is 5. The smallest absolute Gasteiger partial charge is 0.330 e. The number of nitrogens with zero attached hydrogens (tertiary/aromatic N) is 1. The summed E-state index contributed by atoms with van der Waals surface area (Å²) in [6, 6.07) is 2.15. The summed E-state index contributed by atoms with van der Waals surface area (Å²) in [5, 5.41) is 12.4.